The van der Waals surface area contributed by atoms with Crippen LogP contribution in [0, 0.1) is 5.41 Å². The first-order chi connectivity index (χ1) is 12.1. The summed E-state index contributed by atoms with van der Waals surface area (Å²) in [6.07, 6.45) is 3.34. The fourth-order valence-corrected chi connectivity index (χ4v) is 3.35. The van der Waals surface area contributed by atoms with Gasteiger partial charge in [-0.15, -0.1) is 12.4 Å². The van der Waals surface area contributed by atoms with Crippen molar-refractivity contribution in [1.82, 2.24) is 20.2 Å². The third kappa shape index (κ3) is 4.60. The average Bonchev–Trinajstić information content (AvgIpc) is 2.64. The normalized spacial score (nSPS) is 16.0. The van der Waals surface area contributed by atoms with Gasteiger partial charge in [-0.25, -0.2) is 4.98 Å². The number of halogens is 1. The van der Waals surface area contributed by atoms with E-state index < -0.39 is 0 Å². The summed E-state index contributed by atoms with van der Waals surface area (Å²) < 4.78 is 6.71. The predicted molar refractivity (Wildman–Crippen MR) is 103 cm³/mol. The average molecular weight is 381 g/mol. The number of benzene rings is 1. The molecule has 2 heterocycles. The zero-order valence-corrected chi connectivity index (χ0v) is 15.7. The topological polar surface area (TPSA) is 85.2 Å². The number of hydrogen-bond acceptors (Lipinski definition) is 5. The molecule has 1 aliphatic rings. The van der Waals surface area contributed by atoms with E-state index in [1.165, 1.54) is 10.9 Å². The number of para-hydroxylation sites is 1. The minimum atomic E-state index is -0.200. The standard InChI is InChI=1S/C18H24N4O3.ClH/c1-25-12-18(6-8-19-9-7-18)11-20-16(23)10-22-13-21-15-5-3-2-4-14(15)17(22)24;/h2-5,13,19H,6-12H2,1H3,(H,20,23);1H. The lowest BCUT2D eigenvalue weighted by atomic mass is 9.79. The number of piperidine rings is 1. The number of aromatic nitrogens is 2. The number of amides is 1. The van der Waals surface area contributed by atoms with Crippen molar-refractivity contribution in [3.05, 3.63) is 40.9 Å². The molecule has 1 aliphatic heterocycles. The maximum Gasteiger partial charge on any atom is 0.261 e. The molecule has 0 unspecified atom stereocenters. The van der Waals surface area contributed by atoms with Gasteiger partial charge in [0.15, 0.2) is 0 Å². The highest BCUT2D eigenvalue weighted by Gasteiger charge is 2.32. The molecule has 0 bridgehead atoms. The van der Waals surface area contributed by atoms with Crippen molar-refractivity contribution in [3.8, 4) is 0 Å². The van der Waals surface area contributed by atoms with Crippen LogP contribution in [-0.2, 0) is 16.1 Å². The van der Waals surface area contributed by atoms with Crippen LogP contribution in [0.5, 0.6) is 0 Å². The van der Waals surface area contributed by atoms with Gasteiger partial charge in [0.05, 0.1) is 23.8 Å². The molecule has 8 heteroatoms. The van der Waals surface area contributed by atoms with Gasteiger partial charge in [-0.1, -0.05) is 12.1 Å². The molecule has 1 aromatic carbocycles. The van der Waals surface area contributed by atoms with Crippen LogP contribution in [0.4, 0.5) is 0 Å². The lowest BCUT2D eigenvalue weighted by molar-refractivity contribution is -0.122. The van der Waals surface area contributed by atoms with Gasteiger partial charge < -0.3 is 15.4 Å². The number of carbonyl (C=O) groups is 1. The van der Waals surface area contributed by atoms with Crippen LogP contribution in [0.1, 0.15) is 12.8 Å². The third-order valence-electron chi connectivity index (χ3n) is 4.82. The molecule has 2 N–H and O–H groups in total. The maximum atomic E-state index is 12.5. The molecular formula is C18H25ClN4O3. The van der Waals surface area contributed by atoms with Crippen LogP contribution < -0.4 is 16.2 Å². The molecule has 0 saturated carbocycles. The van der Waals surface area contributed by atoms with Crippen LogP contribution >= 0.6 is 12.4 Å². The molecule has 1 aromatic heterocycles. The van der Waals surface area contributed by atoms with E-state index >= 15 is 0 Å². The molecular weight excluding hydrogens is 356 g/mol. The van der Waals surface area contributed by atoms with Crippen molar-refractivity contribution >= 4 is 29.2 Å². The number of nitrogens with one attached hydrogen (secondary N) is 2. The number of nitrogens with zero attached hydrogens (tertiary/aromatic N) is 2. The van der Waals surface area contributed by atoms with E-state index in [1.54, 1.807) is 25.3 Å². The minimum absolute atomic E-state index is 0. The zero-order chi connectivity index (χ0) is 17.7. The van der Waals surface area contributed by atoms with Gasteiger partial charge in [0, 0.05) is 19.1 Å². The summed E-state index contributed by atoms with van der Waals surface area (Å²) in [4.78, 5) is 29.0. The van der Waals surface area contributed by atoms with E-state index in [-0.39, 0.29) is 35.8 Å². The van der Waals surface area contributed by atoms with E-state index in [1.807, 2.05) is 6.07 Å². The molecule has 3 rings (SSSR count). The molecule has 0 radical (unpaired) electrons. The maximum absolute atomic E-state index is 12.5. The van der Waals surface area contributed by atoms with E-state index in [2.05, 4.69) is 15.6 Å². The Morgan fingerprint density at radius 2 is 2.08 bits per heavy atom. The number of carbonyl (C=O) groups excluding carboxylic acids is 1. The van der Waals surface area contributed by atoms with Crippen molar-refractivity contribution in [2.24, 2.45) is 5.41 Å². The largest absolute Gasteiger partial charge is 0.384 e. The molecule has 26 heavy (non-hydrogen) atoms. The van der Waals surface area contributed by atoms with Crippen LogP contribution in [0.25, 0.3) is 10.9 Å². The molecule has 142 valence electrons. The molecule has 1 fully saturated rings. The minimum Gasteiger partial charge on any atom is -0.384 e. The van der Waals surface area contributed by atoms with E-state index in [9.17, 15) is 9.59 Å². The van der Waals surface area contributed by atoms with Gasteiger partial charge in [-0.3, -0.25) is 14.2 Å². The molecule has 2 aromatic rings. The SMILES string of the molecule is COCC1(CNC(=O)Cn2cnc3ccccc3c2=O)CCNCC1.Cl. The zero-order valence-electron chi connectivity index (χ0n) is 14.9. The lowest BCUT2D eigenvalue weighted by Crippen LogP contribution is -2.48. The van der Waals surface area contributed by atoms with Gasteiger partial charge in [-0.2, -0.15) is 0 Å². The van der Waals surface area contributed by atoms with Crippen molar-refractivity contribution < 1.29 is 9.53 Å². The fourth-order valence-electron chi connectivity index (χ4n) is 3.35. The van der Waals surface area contributed by atoms with Gasteiger partial charge in [0.25, 0.3) is 5.56 Å². The van der Waals surface area contributed by atoms with Crippen LogP contribution in [0.2, 0.25) is 0 Å². The summed E-state index contributed by atoms with van der Waals surface area (Å²) in [7, 11) is 1.69. The number of methoxy groups -OCH3 is 1. The summed E-state index contributed by atoms with van der Waals surface area (Å²) in [5.41, 5.74) is 0.398. The van der Waals surface area contributed by atoms with E-state index in [0.717, 1.165) is 25.9 Å². The Morgan fingerprint density at radius 3 is 2.81 bits per heavy atom. The smallest absolute Gasteiger partial charge is 0.261 e. The van der Waals surface area contributed by atoms with Crippen molar-refractivity contribution in [1.29, 1.82) is 0 Å². The Labute approximate surface area is 158 Å². The molecule has 7 nitrogen and oxygen atoms in total. The quantitative estimate of drug-likeness (QED) is 0.779. The first-order valence-electron chi connectivity index (χ1n) is 8.54. The highest BCUT2D eigenvalue weighted by atomic mass is 35.5. The second-order valence-electron chi connectivity index (χ2n) is 6.65. The summed E-state index contributed by atoms with van der Waals surface area (Å²) in [6, 6.07) is 7.13. The third-order valence-corrected chi connectivity index (χ3v) is 4.82. The Kier molecular flexibility index (Phi) is 7.14. The highest BCUT2D eigenvalue weighted by molar-refractivity contribution is 5.85. The molecule has 0 atom stereocenters. The molecule has 0 spiro atoms. The second-order valence-corrected chi connectivity index (χ2v) is 6.65. The summed E-state index contributed by atoms with van der Waals surface area (Å²) in [6.45, 7) is 2.99. The second kappa shape index (κ2) is 9.12. The van der Waals surface area contributed by atoms with Gasteiger partial charge >= 0.3 is 0 Å². The van der Waals surface area contributed by atoms with E-state index in [4.69, 9.17) is 4.74 Å². The van der Waals surface area contributed by atoms with Crippen LogP contribution in [-0.4, -0.2) is 48.8 Å². The Morgan fingerprint density at radius 1 is 1.35 bits per heavy atom. The highest BCUT2D eigenvalue weighted by Crippen LogP contribution is 2.28. The van der Waals surface area contributed by atoms with Crippen LogP contribution in [0.15, 0.2) is 35.4 Å². The van der Waals surface area contributed by atoms with Crippen molar-refractivity contribution in [3.63, 3.8) is 0 Å². The van der Waals surface area contributed by atoms with Gasteiger partial charge in [0.1, 0.15) is 6.54 Å². The first-order valence-corrected chi connectivity index (χ1v) is 8.54. The Balaban J connectivity index is 0.00000243. The summed E-state index contributed by atoms with van der Waals surface area (Å²) in [5.74, 6) is -0.187. The Bertz CT molecular complexity index is 797. The van der Waals surface area contributed by atoms with Gasteiger partial charge in [-0.05, 0) is 38.1 Å². The van der Waals surface area contributed by atoms with Crippen molar-refractivity contribution in [2.75, 3.05) is 33.4 Å². The number of ether oxygens (including phenoxy) is 1. The summed E-state index contributed by atoms with van der Waals surface area (Å²) >= 11 is 0. The summed E-state index contributed by atoms with van der Waals surface area (Å²) in [5, 5.41) is 6.82. The molecule has 1 saturated heterocycles. The number of fused-ring (bicyclic) bond motifs is 1. The van der Waals surface area contributed by atoms with Crippen LogP contribution in [0.3, 0.4) is 0 Å². The molecule has 0 aliphatic carbocycles. The first kappa shape index (κ1) is 20.4. The fraction of sp³-hybridized carbons (Fsp3) is 0.500. The van der Waals surface area contributed by atoms with Crippen molar-refractivity contribution in [2.45, 2.75) is 19.4 Å². The van der Waals surface area contributed by atoms with E-state index in [0.29, 0.717) is 24.1 Å². The number of rotatable bonds is 6. The number of hydrogen-bond donors (Lipinski definition) is 2. The monoisotopic (exact) mass is 380 g/mol. The Hall–Kier alpha value is -1.96. The predicted octanol–water partition coefficient (Wildman–Crippen LogP) is 0.951. The lowest BCUT2D eigenvalue weighted by Gasteiger charge is -2.37. The molecule has 1 amide bonds. The van der Waals surface area contributed by atoms with Gasteiger partial charge in [0.2, 0.25) is 5.91 Å².